The standard InChI is InChI=1S/C19H30N2O2/c1-13(2)15-7-9-16(10-8-15)20-17(22)11-14(3)12-18(23)21-19(4,5)6/h7-10,13-14H,11-12H2,1-6H3,(H,20,22)(H,21,23)/t14-/m1/s1. The van der Waals surface area contributed by atoms with E-state index in [4.69, 9.17) is 0 Å². The molecule has 0 spiro atoms. The summed E-state index contributed by atoms with van der Waals surface area (Å²) in [4.78, 5) is 23.9. The van der Waals surface area contributed by atoms with Gasteiger partial charge in [-0.15, -0.1) is 0 Å². The van der Waals surface area contributed by atoms with Crippen LogP contribution in [0.3, 0.4) is 0 Å². The monoisotopic (exact) mass is 318 g/mol. The summed E-state index contributed by atoms with van der Waals surface area (Å²) in [6.07, 6.45) is 0.695. The zero-order valence-electron chi connectivity index (χ0n) is 15.2. The fourth-order valence-electron chi connectivity index (χ4n) is 2.34. The Balaban J connectivity index is 2.45. The maximum absolute atomic E-state index is 12.1. The third kappa shape index (κ3) is 7.82. The average Bonchev–Trinajstić information content (AvgIpc) is 2.36. The van der Waals surface area contributed by atoms with Gasteiger partial charge < -0.3 is 10.6 Å². The Labute approximate surface area is 140 Å². The molecule has 2 amide bonds. The number of rotatable bonds is 6. The largest absolute Gasteiger partial charge is 0.352 e. The molecule has 0 heterocycles. The molecular weight excluding hydrogens is 288 g/mol. The zero-order chi connectivity index (χ0) is 17.6. The number of hydrogen-bond donors (Lipinski definition) is 2. The van der Waals surface area contributed by atoms with Gasteiger partial charge in [0.15, 0.2) is 0 Å². The van der Waals surface area contributed by atoms with Crippen molar-refractivity contribution in [3.05, 3.63) is 29.8 Å². The molecule has 1 aromatic rings. The predicted molar refractivity (Wildman–Crippen MR) is 95.5 cm³/mol. The van der Waals surface area contributed by atoms with Crippen LogP contribution in [-0.4, -0.2) is 17.4 Å². The third-order valence-electron chi connectivity index (χ3n) is 3.44. The molecular formula is C19H30N2O2. The summed E-state index contributed by atoms with van der Waals surface area (Å²) in [5.41, 5.74) is 1.80. The van der Waals surface area contributed by atoms with E-state index in [0.29, 0.717) is 18.8 Å². The van der Waals surface area contributed by atoms with Crippen molar-refractivity contribution in [3.8, 4) is 0 Å². The fraction of sp³-hybridized carbons (Fsp3) is 0.579. The van der Waals surface area contributed by atoms with Gasteiger partial charge in [-0.25, -0.2) is 0 Å². The Bertz CT molecular complexity index is 527. The second-order valence-electron chi connectivity index (χ2n) is 7.64. The van der Waals surface area contributed by atoms with Gasteiger partial charge in [0.1, 0.15) is 0 Å². The summed E-state index contributed by atoms with van der Waals surface area (Å²) < 4.78 is 0. The molecule has 1 rings (SSSR count). The number of carbonyl (C=O) groups excluding carboxylic acids is 2. The van der Waals surface area contributed by atoms with Crippen LogP contribution in [0.4, 0.5) is 5.69 Å². The summed E-state index contributed by atoms with van der Waals surface area (Å²) >= 11 is 0. The first-order chi connectivity index (χ1) is 10.6. The molecule has 2 N–H and O–H groups in total. The summed E-state index contributed by atoms with van der Waals surface area (Å²) in [6.45, 7) is 12.0. The van der Waals surface area contributed by atoms with Crippen LogP contribution in [0.1, 0.15) is 65.9 Å². The smallest absolute Gasteiger partial charge is 0.224 e. The van der Waals surface area contributed by atoms with Crippen molar-refractivity contribution < 1.29 is 9.59 Å². The van der Waals surface area contributed by atoms with Crippen molar-refractivity contribution in [2.24, 2.45) is 5.92 Å². The van der Waals surface area contributed by atoms with Crippen molar-refractivity contribution in [1.82, 2.24) is 5.32 Å². The molecule has 0 saturated carbocycles. The van der Waals surface area contributed by atoms with Crippen LogP contribution < -0.4 is 10.6 Å². The van der Waals surface area contributed by atoms with Crippen LogP contribution in [0.5, 0.6) is 0 Å². The summed E-state index contributed by atoms with van der Waals surface area (Å²) in [5, 5.41) is 5.81. The summed E-state index contributed by atoms with van der Waals surface area (Å²) in [5.74, 6) is 0.408. The molecule has 0 radical (unpaired) electrons. The van der Waals surface area contributed by atoms with Crippen LogP contribution in [-0.2, 0) is 9.59 Å². The van der Waals surface area contributed by atoms with Crippen molar-refractivity contribution in [1.29, 1.82) is 0 Å². The van der Waals surface area contributed by atoms with Gasteiger partial charge in [0.05, 0.1) is 0 Å². The Morgan fingerprint density at radius 3 is 1.96 bits per heavy atom. The molecule has 4 heteroatoms. The first-order valence-electron chi connectivity index (χ1n) is 8.27. The number of carbonyl (C=O) groups is 2. The molecule has 1 aromatic carbocycles. The first-order valence-corrected chi connectivity index (χ1v) is 8.27. The normalized spacial score (nSPS) is 12.8. The SMILES string of the molecule is CC(C)c1ccc(NC(=O)C[C@@H](C)CC(=O)NC(C)(C)C)cc1. The second kappa shape index (κ2) is 8.14. The molecule has 0 bridgehead atoms. The lowest BCUT2D eigenvalue weighted by Crippen LogP contribution is -2.41. The van der Waals surface area contributed by atoms with Gasteiger partial charge in [0, 0.05) is 24.1 Å². The highest BCUT2D eigenvalue weighted by molar-refractivity contribution is 5.91. The van der Waals surface area contributed by atoms with Gasteiger partial charge in [0.25, 0.3) is 0 Å². The molecule has 0 aliphatic carbocycles. The van der Waals surface area contributed by atoms with Gasteiger partial charge in [-0.05, 0) is 50.3 Å². The van der Waals surface area contributed by atoms with Crippen LogP contribution in [0.25, 0.3) is 0 Å². The molecule has 0 aliphatic heterocycles. The maximum Gasteiger partial charge on any atom is 0.224 e. The van der Waals surface area contributed by atoms with Crippen molar-refractivity contribution in [2.75, 3.05) is 5.32 Å². The van der Waals surface area contributed by atoms with E-state index in [9.17, 15) is 9.59 Å². The lowest BCUT2D eigenvalue weighted by molar-refractivity contribution is -0.123. The summed E-state index contributed by atoms with van der Waals surface area (Å²) in [6, 6.07) is 7.90. The summed E-state index contributed by atoms with van der Waals surface area (Å²) in [7, 11) is 0. The minimum Gasteiger partial charge on any atom is -0.352 e. The molecule has 128 valence electrons. The van der Waals surface area contributed by atoms with E-state index in [2.05, 4.69) is 24.5 Å². The minimum atomic E-state index is -0.239. The lowest BCUT2D eigenvalue weighted by Gasteiger charge is -2.21. The van der Waals surface area contributed by atoms with Crippen molar-refractivity contribution >= 4 is 17.5 Å². The zero-order valence-corrected chi connectivity index (χ0v) is 15.2. The highest BCUT2D eigenvalue weighted by Gasteiger charge is 2.18. The van der Waals surface area contributed by atoms with Gasteiger partial charge in [-0.3, -0.25) is 9.59 Å². The predicted octanol–water partition coefficient (Wildman–Crippen LogP) is 4.08. The van der Waals surface area contributed by atoms with Crippen LogP contribution in [0.2, 0.25) is 0 Å². The van der Waals surface area contributed by atoms with Gasteiger partial charge in [-0.2, -0.15) is 0 Å². The van der Waals surface area contributed by atoms with Crippen molar-refractivity contribution in [2.45, 2.75) is 65.8 Å². The van der Waals surface area contributed by atoms with Gasteiger partial charge >= 0.3 is 0 Å². The van der Waals surface area contributed by atoms with Crippen LogP contribution in [0, 0.1) is 5.92 Å². The Hall–Kier alpha value is -1.84. The topological polar surface area (TPSA) is 58.2 Å². The first kappa shape index (κ1) is 19.2. The molecule has 0 fully saturated rings. The molecule has 1 atom stereocenters. The lowest BCUT2D eigenvalue weighted by atomic mass is 10.0. The number of amides is 2. The molecule has 0 saturated heterocycles. The number of nitrogens with one attached hydrogen (secondary N) is 2. The maximum atomic E-state index is 12.1. The van der Waals surface area contributed by atoms with E-state index in [0.717, 1.165) is 5.69 Å². The van der Waals surface area contributed by atoms with E-state index in [1.54, 1.807) is 0 Å². The van der Waals surface area contributed by atoms with E-state index < -0.39 is 0 Å². The molecule has 4 nitrogen and oxygen atoms in total. The van der Waals surface area contributed by atoms with Gasteiger partial charge in [-0.1, -0.05) is 32.9 Å². The third-order valence-corrected chi connectivity index (χ3v) is 3.44. The molecule has 0 aliphatic rings. The van der Waals surface area contributed by atoms with E-state index in [-0.39, 0.29) is 23.3 Å². The van der Waals surface area contributed by atoms with E-state index in [1.807, 2.05) is 52.0 Å². The minimum absolute atomic E-state index is 0.00675. The number of hydrogen-bond acceptors (Lipinski definition) is 2. The quantitative estimate of drug-likeness (QED) is 0.830. The fourth-order valence-corrected chi connectivity index (χ4v) is 2.34. The Morgan fingerprint density at radius 2 is 1.48 bits per heavy atom. The van der Waals surface area contributed by atoms with Crippen LogP contribution in [0.15, 0.2) is 24.3 Å². The van der Waals surface area contributed by atoms with Crippen LogP contribution >= 0.6 is 0 Å². The highest BCUT2D eigenvalue weighted by Crippen LogP contribution is 2.18. The van der Waals surface area contributed by atoms with E-state index >= 15 is 0 Å². The Kier molecular flexibility index (Phi) is 6.79. The van der Waals surface area contributed by atoms with E-state index in [1.165, 1.54) is 5.56 Å². The average molecular weight is 318 g/mol. The molecule has 0 aromatic heterocycles. The van der Waals surface area contributed by atoms with Crippen molar-refractivity contribution in [3.63, 3.8) is 0 Å². The highest BCUT2D eigenvalue weighted by atomic mass is 16.2. The number of benzene rings is 1. The molecule has 23 heavy (non-hydrogen) atoms. The Morgan fingerprint density at radius 1 is 0.957 bits per heavy atom. The second-order valence-corrected chi connectivity index (χ2v) is 7.64. The number of anilines is 1. The van der Waals surface area contributed by atoms with Gasteiger partial charge in [0.2, 0.25) is 11.8 Å². The molecule has 0 unspecified atom stereocenters.